The first-order valence-electron chi connectivity index (χ1n) is 3.53. The van der Waals surface area contributed by atoms with Gasteiger partial charge in [0.1, 0.15) is 0 Å². The van der Waals surface area contributed by atoms with E-state index in [0.29, 0.717) is 6.42 Å². The molecule has 3 nitrogen and oxygen atoms in total. The first-order chi connectivity index (χ1) is 4.77. The molecular weight excluding hydrogens is 128 g/mol. The maximum absolute atomic E-state index is 9.28. The molecule has 0 aromatic rings. The molecule has 0 heterocycles. The van der Waals surface area contributed by atoms with E-state index in [9.17, 15) is 5.11 Å². The molecule has 0 amide bonds. The predicted octanol–water partition coefficient (Wildman–Crippen LogP) is -0.131. The third-order valence-corrected chi connectivity index (χ3v) is 2.08. The lowest BCUT2D eigenvalue weighted by atomic mass is 10.1. The number of aliphatic hydroxyl groups excluding tert-OH is 1. The van der Waals surface area contributed by atoms with Crippen molar-refractivity contribution in [2.45, 2.75) is 25.0 Å². The van der Waals surface area contributed by atoms with E-state index in [4.69, 9.17) is 5.26 Å². The molecule has 0 aromatic carbocycles. The predicted molar refractivity (Wildman–Crippen MR) is 37.2 cm³/mol. The van der Waals surface area contributed by atoms with E-state index in [-0.39, 0.29) is 18.1 Å². The Bertz CT molecular complexity index is 152. The summed E-state index contributed by atoms with van der Waals surface area (Å²) < 4.78 is 0. The van der Waals surface area contributed by atoms with Crippen molar-refractivity contribution in [2.24, 2.45) is 5.92 Å². The molecule has 10 heavy (non-hydrogen) atoms. The van der Waals surface area contributed by atoms with Crippen LogP contribution in [-0.4, -0.2) is 24.3 Å². The van der Waals surface area contributed by atoms with Crippen LogP contribution in [0.25, 0.3) is 0 Å². The maximum atomic E-state index is 9.28. The van der Waals surface area contributed by atoms with E-state index in [0.717, 1.165) is 6.42 Å². The first kappa shape index (κ1) is 7.52. The van der Waals surface area contributed by atoms with Crippen LogP contribution in [0.15, 0.2) is 0 Å². The third kappa shape index (κ3) is 1.28. The van der Waals surface area contributed by atoms with Gasteiger partial charge in [-0.2, -0.15) is 5.26 Å². The van der Waals surface area contributed by atoms with Crippen molar-refractivity contribution >= 4 is 0 Å². The molecule has 1 aliphatic carbocycles. The van der Waals surface area contributed by atoms with Crippen molar-refractivity contribution in [3.05, 3.63) is 0 Å². The largest absolute Gasteiger partial charge is 0.391 e. The minimum atomic E-state index is -0.324. The molecule has 3 unspecified atom stereocenters. The molecule has 2 N–H and O–H groups in total. The number of nitrogens with zero attached hydrogens (tertiary/aromatic N) is 1. The molecule has 1 rings (SSSR count). The topological polar surface area (TPSA) is 56.0 Å². The van der Waals surface area contributed by atoms with Crippen LogP contribution in [0.1, 0.15) is 12.8 Å². The zero-order valence-electron chi connectivity index (χ0n) is 6.04. The Labute approximate surface area is 60.7 Å². The van der Waals surface area contributed by atoms with E-state index < -0.39 is 0 Å². The van der Waals surface area contributed by atoms with E-state index in [1.807, 2.05) is 7.05 Å². The van der Waals surface area contributed by atoms with Gasteiger partial charge in [0.2, 0.25) is 0 Å². The third-order valence-electron chi connectivity index (χ3n) is 2.08. The summed E-state index contributed by atoms with van der Waals surface area (Å²) in [5.41, 5.74) is 0. The summed E-state index contributed by atoms with van der Waals surface area (Å²) in [7, 11) is 1.81. The van der Waals surface area contributed by atoms with Crippen molar-refractivity contribution in [1.82, 2.24) is 5.32 Å². The number of aliphatic hydroxyl groups is 1. The van der Waals surface area contributed by atoms with Gasteiger partial charge < -0.3 is 10.4 Å². The quantitative estimate of drug-likeness (QED) is 0.533. The summed E-state index contributed by atoms with van der Waals surface area (Å²) in [4.78, 5) is 0. The van der Waals surface area contributed by atoms with Crippen molar-refractivity contribution in [2.75, 3.05) is 7.05 Å². The molecule has 0 aromatic heterocycles. The molecule has 3 heteroatoms. The maximum Gasteiger partial charge on any atom is 0.0706 e. The summed E-state index contributed by atoms with van der Waals surface area (Å²) in [5.74, 6) is 0.0486. The summed E-state index contributed by atoms with van der Waals surface area (Å²) in [6.45, 7) is 0. The minimum absolute atomic E-state index is 0.0486. The SMILES string of the molecule is CNC1CC(C#N)CC1O. The minimum Gasteiger partial charge on any atom is -0.391 e. The van der Waals surface area contributed by atoms with Crippen LogP contribution in [0.4, 0.5) is 0 Å². The van der Waals surface area contributed by atoms with Gasteiger partial charge in [0.15, 0.2) is 0 Å². The van der Waals surface area contributed by atoms with E-state index >= 15 is 0 Å². The lowest BCUT2D eigenvalue weighted by Gasteiger charge is -2.11. The van der Waals surface area contributed by atoms with Crippen LogP contribution >= 0.6 is 0 Å². The lowest BCUT2D eigenvalue weighted by Crippen LogP contribution is -2.32. The highest BCUT2D eigenvalue weighted by Gasteiger charge is 2.31. The molecule has 1 saturated carbocycles. The highest BCUT2D eigenvalue weighted by Crippen LogP contribution is 2.24. The van der Waals surface area contributed by atoms with Crippen LogP contribution in [-0.2, 0) is 0 Å². The Morgan fingerprint density at radius 1 is 1.60 bits per heavy atom. The monoisotopic (exact) mass is 140 g/mol. The lowest BCUT2D eigenvalue weighted by molar-refractivity contribution is 0.152. The zero-order chi connectivity index (χ0) is 7.56. The van der Waals surface area contributed by atoms with Gasteiger partial charge in [-0.3, -0.25) is 0 Å². The average molecular weight is 140 g/mol. The van der Waals surface area contributed by atoms with Crippen molar-refractivity contribution in [3.8, 4) is 6.07 Å². The Morgan fingerprint density at radius 3 is 2.60 bits per heavy atom. The summed E-state index contributed by atoms with van der Waals surface area (Å²) in [5, 5.41) is 20.8. The Kier molecular flexibility index (Phi) is 2.25. The zero-order valence-corrected chi connectivity index (χ0v) is 6.04. The van der Waals surface area contributed by atoms with E-state index in [1.165, 1.54) is 0 Å². The fourth-order valence-electron chi connectivity index (χ4n) is 1.43. The normalized spacial score (nSPS) is 39.5. The average Bonchev–Trinajstić information content (AvgIpc) is 2.30. The van der Waals surface area contributed by atoms with Gasteiger partial charge in [0.25, 0.3) is 0 Å². The number of hydrogen-bond donors (Lipinski definition) is 2. The van der Waals surface area contributed by atoms with Gasteiger partial charge >= 0.3 is 0 Å². The number of likely N-dealkylation sites (N-methyl/N-ethyl adjacent to an activating group) is 1. The van der Waals surface area contributed by atoms with Gasteiger partial charge in [-0.15, -0.1) is 0 Å². The van der Waals surface area contributed by atoms with Gasteiger partial charge in [0, 0.05) is 6.04 Å². The molecule has 0 saturated heterocycles. The Morgan fingerprint density at radius 2 is 2.30 bits per heavy atom. The molecule has 0 aliphatic heterocycles. The molecule has 0 bridgehead atoms. The fraction of sp³-hybridized carbons (Fsp3) is 0.857. The highest BCUT2D eigenvalue weighted by atomic mass is 16.3. The summed E-state index contributed by atoms with van der Waals surface area (Å²) in [6.07, 6.45) is 1.09. The Hall–Kier alpha value is -0.590. The van der Waals surface area contributed by atoms with Crippen molar-refractivity contribution in [1.29, 1.82) is 5.26 Å². The van der Waals surface area contributed by atoms with Crippen LogP contribution in [0, 0.1) is 17.2 Å². The number of nitrogens with one attached hydrogen (secondary N) is 1. The van der Waals surface area contributed by atoms with Gasteiger partial charge in [0.05, 0.1) is 18.1 Å². The van der Waals surface area contributed by atoms with Gasteiger partial charge in [-0.25, -0.2) is 0 Å². The second-order valence-corrected chi connectivity index (χ2v) is 2.76. The fourth-order valence-corrected chi connectivity index (χ4v) is 1.43. The van der Waals surface area contributed by atoms with Crippen LogP contribution in [0.3, 0.4) is 0 Å². The highest BCUT2D eigenvalue weighted by molar-refractivity contribution is 4.97. The van der Waals surface area contributed by atoms with Gasteiger partial charge in [-0.1, -0.05) is 0 Å². The molecular formula is C7H12N2O. The molecule has 1 fully saturated rings. The molecule has 1 aliphatic rings. The van der Waals surface area contributed by atoms with Gasteiger partial charge in [-0.05, 0) is 19.9 Å². The van der Waals surface area contributed by atoms with Crippen molar-refractivity contribution in [3.63, 3.8) is 0 Å². The van der Waals surface area contributed by atoms with E-state index in [2.05, 4.69) is 11.4 Å². The number of nitriles is 1. The van der Waals surface area contributed by atoms with Crippen molar-refractivity contribution < 1.29 is 5.11 Å². The number of rotatable bonds is 1. The molecule has 0 radical (unpaired) electrons. The van der Waals surface area contributed by atoms with Crippen LogP contribution in [0.5, 0.6) is 0 Å². The Balaban J connectivity index is 2.46. The van der Waals surface area contributed by atoms with Crippen LogP contribution in [0.2, 0.25) is 0 Å². The first-order valence-corrected chi connectivity index (χ1v) is 3.53. The molecule has 0 spiro atoms. The summed E-state index contributed by atoms with van der Waals surface area (Å²) >= 11 is 0. The second kappa shape index (κ2) is 3.00. The second-order valence-electron chi connectivity index (χ2n) is 2.76. The summed E-state index contributed by atoms with van der Waals surface area (Å²) in [6, 6.07) is 2.29. The number of hydrogen-bond acceptors (Lipinski definition) is 3. The molecule has 3 atom stereocenters. The molecule has 56 valence electrons. The van der Waals surface area contributed by atoms with Crippen LogP contribution < -0.4 is 5.32 Å². The standard InChI is InChI=1S/C7H12N2O/c1-9-6-2-5(4-8)3-7(6)10/h5-7,9-10H,2-3H2,1H3. The smallest absolute Gasteiger partial charge is 0.0706 e. The van der Waals surface area contributed by atoms with E-state index in [1.54, 1.807) is 0 Å².